The van der Waals surface area contributed by atoms with Gasteiger partial charge >= 0.3 is 0 Å². The molecule has 12 nitrogen and oxygen atoms in total. The second-order valence-corrected chi connectivity index (χ2v) is 10.8. The summed E-state index contributed by atoms with van der Waals surface area (Å²) in [4.78, 5) is 36.4. The van der Waals surface area contributed by atoms with Crippen LogP contribution in [0.3, 0.4) is 0 Å². The Bertz CT molecular complexity index is 2460. The summed E-state index contributed by atoms with van der Waals surface area (Å²) in [5, 5.41) is 1.68. The molecule has 3 aliphatic heterocycles. The summed E-state index contributed by atoms with van der Waals surface area (Å²) in [5.74, 6) is 2.83. The van der Waals surface area contributed by atoms with Crippen molar-refractivity contribution in [3.8, 4) is 68.3 Å². The highest BCUT2D eigenvalue weighted by Gasteiger charge is 2.25. The fourth-order valence-corrected chi connectivity index (χ4v) is 5.87. The van der Waals surface area contributed by atoms with Crippen molar-refractivity contribution < 1.29 is 0 Å². The number of fused-ring (bicyclic) bond motifs is 20. The largest absolute Gasteiger partial charge is 0.399 e. The summed E-state index contributed by atoms with van der Waals surface area (Å²) < 4.78 is 0. The lowest BCUT2D eigenvalue weighted by molar-refractivity contribution is 1.15. The van der Waals surface area contributed by atoms with E-state index < -0.39 is 0 Å². The second-order valence-electron chi connectivity index (χ2n) is 10.8. The minimum atomic E-state index is 0.428. The molecule has 8 bridgehead atoms. The average Bonchev–Trinajstić information content (AvgIpc) is 3.71. The average molecular weight is 575 g/mol. The van der Waals surface area contributed by atoms with E-state index in [4.69, 9.17) is 52.8 Å². The predicted octanol–water partition coefficient (Wildman–Crippen LogP) is 5.10. The first-order chi connectivity index (χ1) is 21.4. The fraction of sp³-hybridized carbons (Fsp3) is 0. The van der Waals surface area contributed by atoms with Gasteiger partial charge in [0.05, 0.1) is 0 Å². The van der Waals surface area contributed by atoms with Gasteiger partial charge in [-0.05, 0) is 72.8 Å². The standard InChI is InChI=1S/C32H22N12/c33-13-1-5-17-21(9-13)29-37-25(17)41-30-22-10-14(34)2-6-18(22)27(38-30)43-32-24-12-16(36)4-8-20(24)28(40-32)44-31-23-11-15(35)3-7-19(23)26(39-31)42-29/h1-12H,33-36H2,(H2,37,38,39,40,41,42,43,44). The van der Waals surface area contributed by atoms with Crippen LogP contribution < -0.4 is 22.9 Å². The molecule has 0 amide bonds. The van der Waals surface area contributed by atoms with Crippen LogP contribution in [0.1, 0.15) is 0 Å². The lowest BCUT2D eigenvalue weighted by Crippen LogP contribution is -1.89. The van der Waals surface area contributed by atoms with Crippen LogP contribution in [0.5, 0.6) is 0 Å². The van der Waals surface area contributed by atoms with Crippen molar-refractivity contribution in [1.82, 2.24) is 39.9 Å². The van der Waals surface area contributed by atoms with Gasteiger partial charge in [-0.2, -0.15) is 0 Å². The molecule has 3 aliphatic rings. The van der Waals surface area contributed by atoms with E-state index in [0.29, 0.717) is 69.0 Å². The van der Waals surface area contributed by atoms with Crippen molar-refractivity contribution in [2.75, 3.05) is 22.9 Å². The number of aromatic nitrogens is 8. The molecule has 0 saturated heterocycles. The molecule has 44 heavy (non-hydrogen) atoms. The molecule has 0 radical (unpaired) electrons. The maximum absolute atomic E-state index is 6.22. The molecule has 0 saturated carbocycles. The predicted molar refractivity (Wildman–Crippen MR) is 172 cm³/mol. The monoisotopic (exact) mass is 574 g/mol. The van der Waals surface area contributed by atoms with Crippen LogP contribution in [0.4, 0.5) is 22.7 Å². The number of anilines is 4. The normalized spacial score (nSPS) is 12.0. The zero-order valence-corrected chi connectivity index (χ0v) is 22.9. The van der Waals surface area contributed by atoms with E-state index in [1.165, 1.54) is 0 Å². The molecule has 5 heterocycles. The van der Waals surface area contributed by atoms with E-state index in [1.807, 2.05) is 72.8 Å². The maximum atomic E-state index is 6.22. The molecular formula is C32H22N12. The highest BCUT2D eigenvalue weighted by molar-refractivity contribution is 6.06. The number of hydrogen-bond donors (Lipinski definition) is 6. The third kappa shape index (κ3) is 3.51. The lowest BCUT2D eigenvalue weighted by Gasteiger charge is -2.02. The quantitative estimate of drug-likeness (QED) is 0.132. The van der Waals surface area contributed by atoms with E-state index in [0.717, 1.165) is 44.2 Å². The van der Waals surface area contributed by atoms with Gasteiger partial charge in [-0.1, -0.05) is 0 Å². The van der Waals surface area contributed by atoms with Crippen molar-refractivity contribution in [2.24, 2.45) is 0 Å². The van der Waals surface area contributed by atoms with Gasteiger partial charge in [-0.3, -0.25) is 0 Å². The van der Waals surface area contributed by atoms with Gasteiger partial charge in [0.2, 0.25) is 0 Å². The third-order valence-electron chi connectivity index (χ3n) is 7.93. The molecule has 0 unspecified atom stereocenters. The number of nitrogens with zero attached hydrogens (tertiary/aromatic N) is 6. The first-order valence-electron chi connectivity index (χ1n) is 13.8. The summed E-state index contributed by atoms with van der Waals surface area (Å²) in [6.07, 6.45) is 0. The Morgan fingerprint density at radius 3 is 1.45 bits per heavy atom. The van der Waals surface area contributed by atoms with Gasteiger partial charge in [0.25, 0.3) is 0 Å². The zero-order chi connectivity index (χ0) is 29.7. The van der Waals surface area contributed by atoms with Crippen molar-refractivity contribution in [3.05, 3.63) is 72.8 Å². The zero-order valence-electron chi connectivity index (χ0n) is 22.9. The lowest BCUT2D eigenvalue weighted by atomic mass is 10.1. The van der Waals surface area contributed by atoms with Crippen LogP contribution in [-0.2, 0) is 0 Å². The summed E-state index contributed by atoms with van der Waals surface area (Å²) >= 11 is 0. The second kappa shape index (κ2) is 8.49. The van der Waals surface area contributed by atoms with E-state index in [2.05, 4.69) is 9.97 Å². The number of nitrogen functional groups attached to an aromatic ring is 4. The van der Waals surface area contributed by atoms with Crippen LogP contribution >= 0.6 is 0 Å². The molecule has 4 aromatic carbocycles. The summed E-state index contributed by atoms with van der Waals surface area (Å²) in [7, 11) is 0. The number of aromatic amines is 2. The molecule has 9 rings (SSSR count). The van der Waals surface area contributed by atoms with Crippen molar-refractivity contribution >= 4 is 44.8 Å². The summed E-state index contributed by atoms with van der Waals surface area (Å²) in [6, 6.07) is 22.3. The molecule has 6 aromatic rings. The molecular weight excluding hydrogens is 552 g/mol. The summed E-state index contributed by atoms with van der Waals surface area (Å²) in [6.45, 7) is 0. The highest BCUT2D eigenvalue weighted by atomic mass is 15.1. The number of benzene rings is 4. The topological polar surface area (TPSA) is 213 Å². The number of nitrogens with two attached hydrogens (primary N) is 4. The molecule has 0 fully saturated rings. The Kier molecular flexibility index (Phi) is 4.64. The van der Waals surface area contributed by atoms with E-state index in [1.54, 1.807) is 0 Å². The Hall–Kier alpha value is -6.56. The Morgan fingerprint density at radius 1 is 0.386 bits per heavy atom. The van der Waals surface area contributed by atoms with Gasteiger partial charge in [0.15, 0.2) is 29.1 Å². The van der Waals surface area contributed by atoms with Crippen LogP contribution in [0.15, 0.2) is 72.8 Å². The maximum Gasteiger partial charge on any atom is 0.164 e. The molecule has 210 valence electrons. The minimum Gasteiger partial charge on any atom is -0.399 e. The van der Waals surface area contributed by atoms with Crippen molar-refractivity contribution in [3.63, 3.8) is 0 Å². The smallest absolute Gasteiger partial charge is 0.164 e. The SMILES string of the molecule is Nc1ccc2c(c1)-c1nc3nc(nc4[nH]c([nH]c5nc(nc-2n1)-c1cc(N)ccc1-5)c1cc(N)ccc41)-c1cc(N)ccc1-3. The molecule has 2 aromatic heterocycles. The Labute approximate surface area is 248 Å². The van der Waals surface area contributed by atoms with E-state index in [-0.39, 0.29) is 0 Å². The number of rotatable bonds is 0. The minimum absolute atomic E-state index is 0.428. The Morgan fingerprint density at radius 2 is 0.841 bits per heavy atom. The van der Waals surface area contributed by atoms with Crippen LogP contribution in [-0.4, -0.2) is 39.9 Å². The number of hydrogen-bond acceptors (Lipinski definition) is 10. The highest BCUT2D eigenvalue weighted by Crippen LogP contribution is 2.40. The molecule has 0 atom stereocenters. The van der Waals surface area contributed by atoms with Gasteiger partial charge in [0, 0.05) is 66.9 Å². The first-order valence-corrected chi connectivity index (χ1v) is 13.8. The number of nitrogens with one attached hydrogen (secondary N) is 2. The van der Waals surface area contributed by atoms with Gasteiger partial charge in [0.1, 0.15) is 17.1 Å². The fourth-order valence-electron chi connectivity index (χ4n) is 5.87. The summed E-state index contributed by atoms with van der Waals surface area (Å²) in [5.41, 5.74) is 33.1. The van der Waals surface area contributed by atoms with Crippen LogP contribution in [0.25, 0.3) is 90.4 Å². The van der Waals surface area contributed by atoms with Crippen LogP contribution in [0, 0.1) is 0 Å². The Balaban J connectivity index is 1.48. The molecule has 10 N–H and O–H groups in total. The van der Waals surface area contributed by atoms with E-state index >= 15 is 0 Å². The van der Waals surface area contributed by atoms with E-state index in [9.17, 15) is 0 Å². The third-order valence-corrected chi connectivity index (χ3v) is 7.93. The molecule has 0 spiro atoms. The van der Waals surface area contributed by atoms with Crippen molar-refractivity contribution in [1.29, 1.82) is 0 Å². The van der Waals surface area contributed by atoms with Crippen LogP contribution in [0.2, 0.25) is 0 Å². The molecule has 12 heteroatoms. The van der Waals surface area contributed by atoms with Crippen molar-refractivity contribution in [2.45, 2.75) is 0 Å². The van der Waals surface area contributed by atoms with Gasteiger partial charge < -0.3 is 32.9 Å². The number of H-pyrrole nitrogens is 2. The molecule has 0 aliphatic carbocycles. The van der Waals surface area contributed by atoms with Gasteiger partial charge in [-0.15, -0.1) is 0 Å². The first kappa shape index (κ1) is 24.1. The van der Waals surface area contributed by atoms with Gasteiger partial charge in [-0.25, -0.2) is 29.9 Å².